The van der Waals surface area contributed by atoms with Gasteiger partial charge in [0.25, 0.3) is 5.91 Å². The monoisotopic (exact) mass is 438 g/mol. The van der Waals surface area contributed by atoms with Gasteiger partial charge in [-0.25, -0.2) is 4.98 Å². The zero-order valence-electron chi connectivity index (χ0n) is 16.3. The van der Waals surface area contributed by atoms with E-state index in [0.717, 1.165) is 41.1 Å². The molecule has 1 N–H and O–H groups in total. The predicted molar refractivity (Wildman–Crippen MR) is 113 cm³/mol. The fourth-order valence-corrected chi connectivity index (χ4v) is 4.03. The van der Waals surface area contributed by atoms with E-state index < -0.39 is 11.0 Å². The molecule has 0 aliphatic carbocycles. The van der Waals surface area contributed by atoms with Gasteiger partial charge in [-0.1, -0.05) is 28.6 Å². The highest BCUT2D eigenvalue weighted by atomic mass is 32.2. The van der Waals surface area contributed by atoms with Crippen LogP contribution in [0.5, 0.6) is 0 Å². The van der Waals surface area contributed by atoms with Gasteiger partial charge in [-0.3, -0.25) is 10.1 Å². The molecular weight excluding hydrogens is 415 g/mol. The number of thiazole rings is 1. The number of carbonyl (C=O) groups is 1. The number of carbonyl (C=O) groups excluding carboxylic acids is 1. The van der Waals surface area contributed by atoms with Crippen molar-refractivity contribution >= 4 is 39.8 Å². The highest BCUT2D eigenvalue weighted by Gasteiger charge is 2.21. The number of hydrogen-bond donors (Lipinski definition) is 1. The second-order valence-corrected chi connectivity index (χ2v) is 8.78. The number of anilines is 1. The molecule has 1 amide bonds. The summed E-state index contributed by atoms with van der Waals surface area (Å²) >= 11 is 2.49. The average molecular weight is 439 g/mol. The third-order valence-electron chi connectivity index (χ3n) is 4.03. The molecule has 3 rings (SSSR count). The Balaban J connectivity index is 1.72. The van der Waals surface area contributed by atoms with Crippen LogP contribution in [-0.4, -0.2) is 67.2 Å². The third kappa shape index (κ3) is 6.77. The van der Waals surface area contributed by atoms with Crippen LogP contribution in [-0.2, 0) is 14.4 Å². The number of nitrogens with zero attached hydrogens (tertiary/aromatic N) is 3. The molecule has 1 fully saturated rings. The first-order chi connectivity index (χ1) is 14.0. The van der Waals surface area contributed by atoms with Crippen LogP contribution in [0.25, 0.3) is 0 Å². The van der Waals surface area contributed by atoms with Gasteiger partial charge in [0.15, 0.2) is 22.1 Å². The summed E-state index contributed by atoms with van der Waals surface area (Å²) in [6.07, 6.45) is 1.59. The van der Waals surface area contributed by atoms with Crippen LogP contribution in [0, 0.1) is 5.13 Å². The van der Waals surface area contributed by atoms with Crippen molar-refractivity contribution < 1.29 is 18.8 Å². The summed E-state index contributed by atoms with van der Waals surface area (Å²) in [6, 6.07) is 7.54. The first kappa shape index (κ1) is 21.7. The highest BCUT2D eigenvalue weighted by Crippen LogP contribution is 2.20. The van der Waals surface area contributed by atoms with Gasteiger partial charge in [-0.15, -0.1) is 11.8 Å². The summed E-state index contributed by atoms with van der Waals surface area (Å²) in [4.78, 5) is 25.3. The number of oxime groups is 1. The van der Waals surface area contributed by atoms with Crippen LogP contribution >= 0.6 is 23.1 Å². The van der Waals surface area contributed by atoms with Crippen molar-refractivity contribution in [1.29, 1.82) is 0 Å². The number of hydrogen-bond acceptors (Lipinski definition) is 8. The standard InChI is InChI=1S/C19H23FN4O3S2/c1-24(2)8-10-28-15-5-3-13(4-6-15)17(23-27-14-7-9-26-12-14)18(25)22-19-21-11-16(20)29-19/h3-6,11,14H,7-10,12H2,1-2H3,(H,21,22,25)/b23-17+/t14-/m1/s1. The van der Waals surface area contributed by atoms with Gasteiger partial charge in [0.2, 0.25) is 0 Å². The van der Waals surface area contributed by atoms with Gasteiger partial charge in [0.05, 0.1) is 19.4 Å². The Labute approximate surface area is 177 Å². The summed E-state index contributed by atoms with van der Waals surface area (Å²) in [6.45, 7) is 2.03. The summed E-state index contributed by atoms with van der Waals surface area (Å²) < 4.78 is 18.5. The first-order valence-electron chi connectivity index (χ1n) is 9.13. The topological polar surface area (TPSA) is 76.1 Å². The number of nitrogens with one attached hydrogen (secondary N) is 1. The Bertz CT molecular complexity index is 836. The summed E-state index contributed by atoms with van der Waals surface area (Å²) in [7, 11) is 4.07. The molecule has 0 saturated carbocycles. The van der Waals surface area contributed by atoms with Crippen LogP contribution in [0.1, 0.15) is 12.0 Å². The highest BCUT2D eigenvalue weighted by molar-refractivity contribution is 7.99. The molecule has 1 aromatic heterocycles. The lowest BCUT2D eigenvalue weighted by molar-refractivity contribution is -0.110. The largest absolute Gasteiger partial charge is 0.389 e. The minimum atomic E-state index is -0.508. The molecule has 0 spiro atoms. The van der Waals surface area contributed by atoms with Gasteiger partial charge < -0.3 is 14.5 Å². The Morgan fingerprint density at radius 2 is 2.24 bits per heavy atom. The van der Waals surface area contributed by atoms with E-state index in [-0.39, 0.29) is 16.9 Å². The van der Waals surface area contributed by atoms with Crippen LogP contribution in [0.15, 0.2) is 40.5 Å². The summed E-state index contributed by atoms with van der Waals surface area (Å²) in [5, 5.41) is 6.35. The molecule has 0 bridgehead atoms. The maximum atomic E-state index is 13.2. The van der Waals surface area contributed by atoms with E-state index in [1.807, 2.05) is 38.4 Å². The average Bonchev–Trinajstić information content (AvgIpc) is 3.34. The van der Waals surface area contributed by atoms with E-state index in [1.165, 1.54) is 0 Å². The van der Waals surface area contributed by atoms with E-state index in [0.29, 0.717) is 18.8 Å². The maximum Gasteiger partial charge on any atom is 0.280 e. The molecule has 1 aliphatic heterocycles. The minimum absolute atomic E-state index is 0.109. The Morgan fingerprint density at radius 3 is 2.86 bits per heavy atom. The van der Waals surface area contributed by atoms with Crippen LogP contribution in [0.2, 0.25) is 0 Å². The van der Waals surface area contributed by atoms with Crippen LogP contribution < -0.4 is 5.32 Å². The van der Waals surface area contributed by atoms with Crippen molar-refractivity contribution in [2.24, 2.45) is 5.16 Å². The van der Waals surface area contributed by atoms with Crippen molar-refractivity contribution in [3.05, 3.63) is 41.2 Å². The SMILES string of the molecule is CN(C)CCSc1ccc(/C(=N\O[C@@H]2CCOC2)C(=O)Nc2ncc(F)s2)cc1. The second kappa shape index (κ2) is 10.7. The zero-order chi connectivity index (χ0) is 20.6. The fourth-order valence-electron chi connectivity index (χ4n) is 2.47. The third-order valence-corrected chi connectivity index (χ3v) is 5.72. The summed E-state index contributed by atoms with van der Waals surface area (Å²) in [5.74, 6) is 0.458. The van der Waals surface area contributed by atoms with Crippen LogP contribution in [0.4, 0.5) is 9.52 Å². The normalized spacial score (nSPS) is 17.0. The quantitative estimate of drug-likeness (QED) is 0.368. The maximum absolute atomic E-state index is 13.2. The van der Waals surface area contributed by atoms with Crippen LogP contribution in [0.3, 0.4) is 0 Å². The molecule has 29 heavy (non-hydrogen) atoms. The lowest BCUT2D eigenvalue weighted by atomic mass is 10.1. The molecule has 10 heteroatoms. The molecular formula is C19H23FN4O3S2. The van der Waals surface area contributed by atoms with Crippen molar-refractivity contribution in [3.8, 4) is 0 Å². The van der Waals surface area contributed by atoms with Crippen molar-refractivity contribution in [3.63, 3.8) is 0 Å². The van der Waals surface area contributed by atoms with Gasteiger partial charge in [-0.05, 0) is 26.2 Å². The summed E-state index contributed by atoms with van der Waals surface area (Å²) in [5.41, 5.74) is 0.716. The van der Waals surface area contributed by atoms with E-state index in [1.54, 1.807) is 11.8 Å². The Kier molecular flexibility index (Phi) is 7.99. The first-order valence-corrected chi connectivity index (χ1v) is 10.9. The van der Waals surface area contributed by atoms with E-state index in [2.05, 4.69) is 20.4 Å². The molecule has 2 aromatic rings. The molecule has 1 aromatic carbocycles. The molecule has 156 valence electrons. The molecule has 2 heterocycles. The molecule has 1 atom stereocenters. The van der Waals surface area contributed by atoms with Gasteiger partial charge in [0.1, 0.15) is 0 Å². The number of aromatic nitrogens is 1. The fraction of sp³-hybridized carbons (Fsp3) is 0.421. The predicted octanol–water partition coefficient (Wildman–Crippen LogP) is 3.08. The lowest BCUT2D eigenvalue weighted by Crippen LogP contribution is -2.25. The second-order valence-electron chi connectivity index (χ2n) is 6.63. The van der Waals surface area contributed by atoms with Gasteiger partial charge in [0, 0.05) is 29.2 Å². The lowest BCUT2D eigenvalue weighted by Gasteiger charge is -2.11. The molecule has 0 radical (unpaired) electrons. The van der Waals surface area contributed by atoms with Crippen molar-refractivity contribution in [1.82, 2.24) is 9.88 Å². The Morgan fingerprint density at radius 1 is 1.45 bits per heavy atom. The Hall–Kier alpha value is -2.01. The molecule has 1 saturated heterocycles. The van der Waals surface area contributed by atoms with E-state index in [9.17, 15) is 9.18 Å². The van der Waals surface area contributed by atoms with E-state index in [4.69, 9.17) is 9.57 Å². The van der Waals surface area contributed by atoms with Gasteiger partial charge >= 0.3 is 0 Å². The van der Waals surface area contributed by atoms with E-state index >= 15 is 0 Å². The number of amides is 1. The number of ether oxygens (including phenoxy) is 1. The number of benzene rings is 1. The number of rotatable bonds is 9. The molecule has 1 aliphatic rings. The smallest absolute Gasteiger partial charge is 0.280 e. The number of halogens is 1. The number of thioether (sulfide) groups is 1. The van der Waals surface area contributed by atoms with Crippen molar-refractivity contribution in [2.45, 2.75) is 17.4 Å². The molecule has 7 nitrogen and oxygen atoms in total. The molecule has 0 unspecified atom stereocenters. The van der Waals surface area contributed by atoms with Crippen molar-refractivity contribution in [2.75, 3.05) is 44.9 Å². The van der Waals surface area contributed by atoms with Gasteiger partial charge in [-0.2, -0.15) is 4.39 Å². The minimum Gasteiger partial charge on any atom is -0.389 e. The zero-order valence-corrected chi connectivity index (χ0v) is 17.9.